The van der Waals surface area contributed by atoms with Crippen LogP contribution in [0.25, 0.3) is 0 Å². The smallest absolute Gasteiger partial charge is 0.354 e. The van der Waals surface area contributed by atoms with E-state index in [0.717, 1.165) is 18.2 Å². The van der Waals surface area contributed by atoms with Crippen LogP contribution < -0.4 is 5.32 Å². The quantitative estimate of drug-likeness (QED) is 0.525. The van der Waals surface area contributed by atoms with Gasteiger partial charge in [0, 0.05) is 11.9 Å². The second-order valence-electron chi connectivity index (χ2n) is 4.38. The Balaban J connectivity index is 2.31. The third-order valence-corrected chi connectivity index (χ3v) is 2.83. The molecule has 0 aliphatic carbocycles. The lowest BCUT2D eigenvalue weighted by atomic mass is 10.1. The molecule has 2 aromatic rings. The average Bonchev–Trinajstić information content (AvgIpc) is 2.49. The normalized spacial score (nSPS) is 10.1. The highest BCUT2D eigenvalue weighted by atomic mass is 16.4. The van der Waals surface area contributed by atoms with Crippen molar-refractivity contribution >= 4 is 23.5 Å². The van der Waals surface area contributed by atoms with Crippen LogP contribution in [0.4, 0.5) is 5.69 Å². The van der Waals surface area contributed by atoms with E-state index in [9.17, 15) is 24.6 Å². The Hall–Kier alpha value is -3.62. The number of nitrogens with zero attached hydrogens (tertiary/aromatic N) is 1. The van der Waals surface area contributed by atoms with Crippen LogP contribution in [0.2, 0.25) is 0 Å². The maximum atomic E-state index is 12.1. The molecule has 0 saturated carbocycles. The number of phenols is 2. The topological polar surface area (TPSA) is 157 Å². The molecule has 0 atom stereocenters. The molecular weight excluding hydrogens is 308 g/mol. The van der Waals surface area contributed by atoms with Crippen LogP contribution >= 0.6 is 0 Å². The zero-order valence-corrected chi connectivity index (χ0v) is 11.3. The minimum atomic E-state index is -1.47. The predicted molar refractivity (Wildman–Crippen MR) is 75.9 cm³/mol. The average molecular weight is 318 g/mol. The van der Waals surface area contributed by atoms with Gasteiger partial charge in [-0.15, -0.1) is 0 Å². The van der Waals surface area contributed by atoms with E-state index >= 15 is 0 Å². The highest BCUT2D eigenvalue weighted by Gasteiger charge is 2.19. The Labute approximate surface area is 128 Å². The number of carboxylic acids is 2. The van der Waals surface area contributed by atoms with E-state index in [4.69, 9.17) is 10.2 Å². The lowest BCUT2D eigenvalue weighted by molar-refractivity contribution is 0.0681. The van der Waals surface area contributed by atoms with Crippen molar-refractivity contribution in [1.29, 1.82) is 0 Å². The molecule has 0 aliphatic rings. The molecule has 2 rings (SSSR count). The molecule has 9 nitrogen and oxygen atoms in total. The summed E-state index contributed by atoms with van der Waals surface area (Å²) in [5.41, 5.74) is -1.13. The predicted octanol–water partition coefficient (Wildman–Crippen LogP) is 1.14. The van der Waals surface area contributed by atoms with E-state index in [1.54, 1.807) is 0 Å². The van der Waals surface area contributed by atoms with E-state index in [1.165, 1.54) is 12.3 Å². The monoisotopic (exact) mass is 318 g/mol. The van der Waals surface area contributed by atoms with Crippen molar-refractivity contribution in [2.45, 2.75) is 0 Å². The minimum absolute atomic E-state index is 0.101. The Morgan fingerprint density at radius 3 is 2.13 bits per heavy atom. The number of nitrogens with one attached hydrogen (secondary N) is 1. The summed E-state index contributed by atoms with van der Waals surface area (Å²) in [5, 5.41) is 39.2. The number of rotatable bonds is 4. The number of phenolic OH excluding ortho intramolecular Hbond substituents is 1. The number of hydrogen-bond donors (Lipinski definition) is 5. The summed E-state index contributed by atoms with van der Waals surface area (Å²) >= 11 is 0. The molecule has 0 aliphatic heterocycles. The van der Waals surface area contributed by atoms with Crippen molar-refractivity contribution in [2.75, 3.05) is 5.32 Å². The summed E-state index contributed by atoms with van der Waals surface area (Å²) in [6, 6.07) is 3.96. The number of aromatic hydroxyl groups is 2. The van der Waals surface area contributed by atoms with Crippen LogP contribution in [-0.2, 0) is 0 Å². The number of hydrogen-bond acceptors (Lipinski definition) is 6. The highest BCUT2D eigenvalue weighted by Crippen LogP contribution is 2.28. The number of anilines is 1. The van der Waals surface area contributed by atoms with Crippen molar-refractivity contribution in [3.63, 3.8) is 0 Å². The van der Waals surface area contributed by atoms with Crippen molar-refractivity contribution < 1.29 is 34.8 Å². The van der Waals surface area contributed by atoms with Crippen LogP contribution in [0.5, 0.6) is 11.5 Å². The van der Waals surface area contributed by atoms with Crippen LogP contribution in [0.1, 0.15) is 31.2 Å². The number of carbonyl (C=O) groups is 3. The standard InChI is InChI=1S/C14H10N2O7/c17-10-5-8(13(20)21)11(18)4-7(10)12(19)16-6-1-2-15-9(3-6)14(22)23/h1-5,17-18H,(H,20,21)(H,22,23)(H,15,16,19). The molecule has 0 fully saturated rings. The van der Waals surface area contributed by atoms with E-state index in [-0.39, 0.29) is 16.9 Å². The third-order valence-electron chi connectivity index (χ3n) is 2.83. The summed E-state index contributed by atoms with van der Waals surface area (Å²) in [4.78, 5) is 37.2. The highest BCUT2D eigenvalue weighted by molar-refractivity contribution is 6.07. The Bertz CT molecular complexity index is 817. The Morgan fingerprint density at radius 1 is 0.913 bits per heavy atom. The molecule has 9 heteroatoms. The van der Waals surface area contributed by atoms with Crippen molar-refractivity contribution in [3.05, 3.63) is 47.3 Å². The summed E-state index contributed by atoms with van der Waals surface area (Å²) in [5.74, 6) is -4.96. The van der Waals surface area contributed by atoms with Gasteiger partial charge in [0.05, 0.1) is 5.56 Å². The van der Waals surface area contributed by atoms with Gasteiger partial charge in [0.1, 0.15) is 22.8 Å². The molecule has 5 N–H and O–H groups in total. The number of aromatic carboxylic acids is 2. The van der Waals surface area contributed by atoms with Crippen LogP contribution in [0, 0.1) is 0 Å². The van der Waals surface area contributed by atoms with Crippen molar-refractivity contribution in [3.8, 4) is 11.5 Å². The van der Waals surface area contributed by atoms with Gasteiger partial charge in [-0.25, -0.2) is 14.6 Å². The number of carbonyl (C=O) groups excluding carboxylic acids is 1. The van der Waals surface area contributed by atoms with E-state index < -0.39 is 34.9 Å². The van der Waals surface area contributed by atoms with E-state index in [0.29, 0.717) is 0 Å². The molecule has 1 heterocycles. The maximum absolute atomic E-state index is 12.1. The van der Waals surface area contributed by atoms with Gasteiger partial charge in [0.2, 0.25) is 0 Å². The first-order valence-electron chi connectivity index (χ1n) is 6.09. The first-order chi connectivity index (χ1) is 10.8. The molecule has 0 spiro atoms. The molecule has 0 bridgehead atoms. The van der Waals surface area contributed by atoms with Gasteiger partial charge in [0.15, 0.2) is 0 Å². The largest absolute Gasteiger partial charge is 0.507 e. The number of carboxylic acid groups (broad SMARTS) is 2. The van der Waals surface area contributed by atoms with E-state index in [1.807, 2.05) is 0 Å². The molecule has 118 valence electrons. The van der Waals surface area contributed by atoms with E-state index in [2.05, 4.69) is 10.3 Å². The number of benzene rings is 1. The van der Waals surface area contributed by atoms with Gasteiger partial charge in [-0.05, 0) is 24.3 Å². The van der Waals surface area contributed by atoms with Crippen molar-refractivity contribution in [2.24, 2.45) is 0 Å². The molecule has 0 unspecified atom stereocenters. The fourth-order valence-electron chi connectivity index (χ4n) is 1.75. The van der Waals surface area contributed by atoms with Gasteiger partial charge in [-0.3, -0.25) is 4.79 Å². The number of aromatic nitrogens is 1. The van der Waals surface area contributed by atoms with Gasteiger partial charge in [0.25, 0.3) is 5.91 Å². The number of pyridine rings is 1. The SMILES string of the molecule is O=C(O)c1cc(NC(=O)c2cc(O)c(C(=O)O)cc2O)ccn1. The second kappa shape index (κ2) is 6.02. The lowest BCUT2D eigenvalue weighted by Crippen LogP contribution is -2.13. The summed E-state index contributed by atoms with van der Waals surface area (Å²) < 4.78 is 0. The fraction of sp³-hybridized carbons (Fsp3) is 0. The molecule has 23 heavy (non-hydrogen) atoms. The zero-order chi connectivity index (χ0) is 17.1. The molecule has 1 aromatic carbocycles. The summed E-state index contributed by atoms with van der Waals surface area (Å²) in [6.45, 7) is 0. The molecule has 0 saturated heterocycles. The Kier molecular flexibility index (Phi) is 4.12. The summed E-state index contributed by atoms with van der Waals surface area (Å²) in [7, 11) is 0. The van der Waals surface area contributed by atoms with Gasteiger partial charge in [-0.1, -0.05) is 0 Å². The zero-order valence-electron chi connectivity index (χ0n) is 11.3. The molecular formula is C14H10N2O7. The Morgan fingerprint density at radius 2 is 1.52 bits per heavy atom. The molecule has 1 amide bonds. The van der Waals surface area contributed by atoms with Gasteiger partial charge < -0.3 is 25.7 Å². The summed E-state index contributed by atoms with van der Waals surface area (Å²) in [6.07, 6.45) is 1.17. The molecule has 0 radical (unpaired) electrons. The number of amides is 1. The van der Waals surface area contributed by atoms with Crippen LogP contribution in [-0.4, -0.2) is 43.3 Å². The molecule has 1 aromatic heterocycles. The maximum Gasteiger partial charge on any atom is 0.354 e. The third kappa shape index (κ3) is 3.35. The minimum Gasteiger partial charge on any atom is -0.507 e. The lowest BCUT2D eigenvalue weighted by Gasteiger charge is -2.09. The van der Waals surface area contributed by atoms with Crippen molar-refractivity contribution in [1.82, 2.24) is 4.98 Å². The van der Waals surface area contributed by atoms with Crippen LogP contribution in [0.3, 0.4) is 0 Å². The van der Waals surface area contributed by atoms with Crippen LogP contribution in [0.15, 0.2) is 30.5 Å². The second-order valence-corrected chi connectivity index (χ2v) is 4.38. The van der Waals surface area contributed by atoms with Gasteiger partial charge in [-0.2, -0.15) is 0 Å². The fourth-order valence-corrected chi connectivity index (χ4v) is 1.75. The van der Waals surface area contributed by atoms with Gasteiger partial charge >= 0.3 is 11.9 Å². The first kappa shape index (κ1) is 15.8. The first-order valence-corrected chi connectivity index (χ1v) is 6.09.